The molecule has 0 spiro atoms. The number of amides is 1. The maximum absolute atomic E-state index is 12.5. The van der Waals surface area contributed by atoms with Crippen LogP contribution in [0.2, 0.25) is 0 Å². The fourth-order valence-electron chi connectivity index (χ4n) is 3.08. The van der Waals surface area contributed by atoms with Crippen LogP contribution in [0.1, 0.15) is 18.1 Å². The molecule has 128 valence electrons. The van der Waals surface area contributed by atoms with Gasteiger partial charge < -0.3 is 5.32 Å². The highest BCUT2D eigenvalue weighted by atomic mass is 32.1. The van der Waals surface area contributed by atoms with Crippen LogP contribution in [-0.2, 0) is 11.3 Å². The van der Waals surface area contributed by atoms with Gasteiger partial charge >= 0.3 is 0 Å². The first-order valence-corrected chi connectivity index (χ1v) is 9.41. The minimum atomic E-state index is -0.103. The number of hydrogen-bond donors (Lipinski definition) is 1. The zero-order chi connectivity index (χ0) is 16.9. The number of nitrogens with one attached hydrogen (secondary N) is 1. The Hall–Kier alpha value is -1.69. The molecule has 3 rings (SSSR count). The summed E-state index contributed by atoms with van der Waals surface area (Å²) in [6.45, 7) is 8.95. The number of thiophene rings is 1. The average molecular weight is 343 g/mol. The topological polar surface area (TPSA) is 35.6 Å². The summed E-state index contributed by atoms with van der Waals surface area (Å²) in [5, 5.41) is 7.38. The molecule has 4 nitrogen and oxygen atoms in total. The normalized spacial score (nSPS) is 17.6. The van der Waals surface area contributed by atoms with E-state index < -0.39 is 0 Å². The van der Waals surface area contributed by atoms with Crippen molar-refractivity contribution in [1.82, 2.24) is 9.80 Å². The highest BCUT2D eigenvalue weighted by Crippen LogP contribution is 2.15. The average Bonchev–Trinajstić information content (AvgIpc) is 3.08. The minimum Gasteiger partial charge on any atom is -0.325 e. The highest BCUT2D eigenvalue weighted by molar-refractivity contribution is 7.07. The highest BCUT2D eigenvalue weighted by Gasteiger charge is 2.25. The molecular formula is C19H25N3OS. The second-order valence-electron chi connectivity index (χ2n) is 6.48. The third-order valence-electron chi connectivity index (χ3n) is 4.61. The van der Waals surface area contributed by atoms with Gasteiger partial charge in [0.05, 0.1) is 6.04 Å². The molecule has 1 amide bonds. The second kappa shape index (κ2) is 7.92. The summed E-state index contributed by atoms with van der Waals surface area (Å²) in [5.74, 6) is 0.0758. The molecule has 1 N–H and O–H groups in total. The maximum atomic E-state index is 12.5. The van der Waals surface area contributed by atoms with Crippen LogP contribution in [0.25, 0.3) is 0 Å². The maximum Gasteiger partial charge on any atom is 0.241 e. The molecule has 1 aliphatic rings. The van der Waals surface area contributed by atoms with Crippen molar-refractivity contribution in [2.75, 3.05) is 31.5 Å². The molecule has 0 saturated carbocycles. The number of carbonyl (C=O) groups excluding carboxylic acids is 1. The largest absolute Gasteiger partial charge is 0.325 e. The fraction of sp³-hybridized carbons (Fsp3) is 0.421. The van der Waals surface area contributed by atoms with Crippen LogP contribution in [0.3, 0.4) is 0 Å². The van der Waals surface area contributed by atoms with E-state index in [1.54, 1.807) is 11.3 Å². The van der Waals surface area contributed by atoms with Gasteiger partial charge in [0.1, 0.15) is 0 Å². The van der Waals surface area contributed by atoms with E-state index in [1.165, 1.54) is 5.56 Å². The van der Waals surface area contributed by atoms with E-state index in [0.717, 1.165) is 44.0 Å². The van der Waals surface area contributed by atoms with Crippen LogP contribution in [0, 0.1) is 6.92 Å². The summed E-state index contributed by atoms with van der Waals surface area (Å²) in [6, 6.07) is 10.0. The first-order valence-electron chi connectivity index (χ1n) is 8.47. The number of benzene rings is 1. The van der Waals surface area contributed by atoms with Gasteiger partial charge in [-0.3, -0.25) is 14.6 Å². The third-order valence-corrected chi connectivity index (χ3v) is 5.34. The first kappa shape index (κ1) is 17.1. The van der Waals surface area contributed by atoms with Gasteiger partial charge in [0.2, 0.25) is 5.91 Å². The standard InChI is InChI=1S/C19H25N3OS/c1-15-4-3-5-18(12-15)20-19(23)16(2)22-9-7-21(8-10-22)13-17-6-11-24-14-17/h3-6,11-12,14,16H,7-10,13H2,1-2H3,(H,20,23)/t16-/m1/s1. The Kier molecular flexibility index (Phi) is 5.66. The summed E-state index contributed by atoms with van der Waals surface area (Å²) in [6.07, 6.45) is 0. The molecule has 1 atom stereocenters. The lowest BCUT2D eigenvalue weighted by Gasteiger charge is -2.37. The molecule has 2 heterocycles. The van der Waals surface area contributed by atoms with Gasteiger partial charge in [-0.1, -0.05) is 12.1 Å². The van der Waals surface area contributed by atoms with Crippen molar-refractivity contribution in [2.24, 2.45) is 0 Å². The molecule has 1 fully saturated rings. The monoisotopic (exact) mass is 343 g/mol. The van der Waals surface area contributed by atoms with Gasteiger partial charge in [-0.15, -0.1) is 0 Å². The van der Waals surface area contributed by atoms with E-state index in [4.69, 9.17) is 0 Å². The Morgan fingerprint density at radius 1 is 1.25 bits per heavy atom. The van der Waals surface area contributed by atoms with Crippen molar-refractivity contribution < 1.29 is 4.79 Å². The van der Waals surface area contributed by atoms with Crippen LogP contribution in [0.5, 0.6) is 0 Å². The summed E-state index contributed by atoms with van der Waals surface area (Å²) in [5.41, 5.74) is 3.42. The summed E-state index contributed by atoms with van der Waals surface area (Å²) in [7, 11) is 0. The molecule has 0 aliphatic carbocycles. The smallest absolute Gasteiger partial charge is 0.241 e. The van der Waals surface area contributed by atoms with Gasteiger partial charge in [-0.25, -0.2) is 0 Å². The van der Waals surface area contributed by atoms with E-state index in [2.05, 4.69) is 31.9 Å². The zero-order valence-electron chi connectivity index (χ0n) is 14.4. The number of carbonyl (C=O) groups is 1. The quantitative estimate of drug-likeness (QED) is 0.905. The molecule has 1 aromatic heterocycles. The minimum absolute atomic E-state index is 0.0758. The molecule has 1 aliphatic heterocycles. The second-order valence-corrected chi connectivity index (χ2v) is 7.26. The zero-order valence-corrected chi connectivity index (χ0v) is 15.2. The Labute approximate surface area is 148 Å². The third kappa shape index (κ3) is 4.44. The van der Waals surface area contributed by atoms with Crippen LogP contribution >= 0.6 is 11.3 Å². The predicted molar refractivity (Wildman–Crippen MR) is 100 cm³/mol. The Bertz CT molecular complexity index is 663. The number of aryl methyl sites for hydroxylation is 1. The fourth-order valence-corrected chi connectivity index (χ4v) is 3.74. The Morgan fingerprint density at radius 3 is 2.71 bits per heavy atom. The van der Waals surface area contributed by atoms with Crippen molar-refractivity contribution >= 4 is 22.9 Å². The molecule has 0 radical (unpaired) electrons. The van der Waals surface area contributed by atoms with Gasteiger partial charge in [0.25, 0.3) is 0 Å². The SMILES string of the molecule is Cc1cccc(NC(=O)[C@@H](C)N2CCN(Cc3ccsc3)CC2)c1. The first-order chi connectivity index (χ1) is 11.6. The van der Waals surface area contributed by atoms with Crippen LogP contribution in [0.4, 0.5) is 5.69 Å². The van der Waals surface area contributed by atoms with Gasteiger partial charge in [-0.2, -0.15) is 11.3 Å². The molecular weight excluding hydrogens is 318 g/mol. The Morgan fingerprint density at radius 2 is 2.04 bits per heavy atom. The van der Waals surface area contributed by atoms with E-state index >= 15 is 0 Å². The van der Waals surface area contributed by atoms with Crippen LogP contribution < -0.4 is 5.32 Å². The van der Waals surface area contributed by atoms with Gasteiger partial charge in [0.15, 0.2) is 0 Å². The molecule has 24 heavy (non-hydrogen) atoms. The van der Waals surface area contributed by atoms with E-state index in [9.17, 15) is 4.79 Å². The van der Waals surface area contributed by atoms with E-state index in [0.29, 0.717) is 0 Å². The number of nitrogens with zero attached hydrogens (tertiary/aromatic N) is 2. The van der Waals surface area contributed by atoms with E-state index in [1.807, 2.05) is 38.1 Å². The number of anilines is 1. The van der Waals surface area contributed by atoms with Gasteiger partial charge in [-0.05, 0) is 53.9 Å². The lowest BCUT2D eigenvalue weighted by Crippen LogP contribution is -2.52. The van der Waals surface area contributed by atoms with Crippen LogP contribution in [0.15, 0.2) is 41.1 Å². The summed E-state index contributed by atoms with van der Waals surface area (Å²) >= 11 is 1.75. The summed E-state index contributed by atoms with van der Waals surface area (Å²) in [4.78, 5) is 17.2. The van der Waals surface area contributed by atoms with Crippen molar-refractivity contribution in [1.29, 1.82) is 0 Å². The molecule has 2 aromatic rings. The molecule has 1 aromatic carbocycles. The van der Waals surface area contributed by atoms with E-state index in [-0.39, 0.29) is 11.9 Å². The van der Waals surface area contributed by atoms with Crippen molar-refractivity contribution in [3.63, 3.8) is 0 Å². The lowest BCUT2D eigenvalue weighted by molar-refractivity contribution is -0.121. The number of hydrogen-bond acceptors (Lipinski definition) is 4. The van der Waals surface area contributed by atoms with Crippen molar-refractivity contribution in [2.45, 2.75) is 26.4 Å². The molecule has 0 unspecified atom stereocenters. The lowest BCUT2D eigenvalue weighted by atomic mass is 10.2. The van der Waals surface area contributed by atoms with Gasteiger partial charge in [0, 0.05) is 38.4 Å². The number of piperazine rings is 1. The summed E-state index contributed by atoms with van der Waals surface area (Å²) < 4.78 is 0. The van der Waals surface area contributed by atoms with Crippen molar-refractivity contribution in [3.8, 4) is 0 Å². The molecule has 0 bridgehead atoms. The molecule has 1 saturated heterocycles. The number of rotatable bonds is 5. The van der Waals surface area contributed by atoms with Crippen molar-refractivity contribution in [3.05, 3.63) is 52.2 Å². The Balaban J connectivity index is 1.49. The molecule has 5 heteroatoms. The predicted octanol–water partition coefficient (Wildman–Crippen LogP) is 3.20. The van der Waals surface area contributed by atoms with Crippen LogP contribution in [-0.4, -0.2) is 47.9 Å².